The second-order valence-electron chi connectivity index (χ2n) is 7.67. The minimum atomic E-state index is -1.33. The first-order chi connectivity index (χ1) is 18.7. The Morgan fingerprint density at radius 1 is 0.667 bits per heavy atom. The van der Waals surface area contributed by atoms with Gasteiger partial charge in [-0.25, -0.2) is 19.9 Å². The fourth-order valence-electron chi connectivity index (χ4n) is 3.57. The zero-order valence-electron chi connectivity index (χ0n) is 20.5. The first-order valence-electron chi connectivity index (χ1n) is 11.0. The van der Waals surface area contributed by atoms with E-state index >= 15 is 0 Å². The molecular weight excluding hydrogens is 665 g/mol. The molecule has 39 heavy (non-hydrogen) atoms. The number of hydrogen-bond donors (Lipinski definition) is 0. The Labute approximate surface area is 258 Å². The van der Waals surface area contributed by atoms with Crippen LogP contribution in [0.1, 0.15) is 0 Å². The summed E-state index contributed by atoms with van der Waals surface area (Å²) in [5.41, 5.74) is 4.40. The van der Waals surface area contributed by atoms with Crippen LogP contribution in [0.15, 0.2) is 91.5 Å². The van der Waals surface area contributed by atoms with Gasteiger partial charge >= 0.3 is 41.5 Å². The minimum absolute atomic E-state index is 0.178. The fraction of sp³-hybridized carbons (Fsp3) is 0.0769. The maximum atomic E-state index is 5.82. The van der Waals surface area contributed by atoms with E-state index in [1.54, 1.807) is 12.3 Å². The molecule has 4 heterocycles. The quantitative estimate of drug-likeness (QED) is 0.0984. The third-order valence-corrected chi connectivity index (χ3v) is 5.76. The molecule has 0 N–H and O–H groups in total. The van der Waals surface area contributed by atoms with Gasteiger partial charge in [-0.1, -0.05) is 48.0 Å². The van der Waals surface area contributed by atoms with Gasteiger partial charge in [-0.3, -0.25) is 0 Å². The van der Waals surface area contributed by atoms with Gasteiger partial charge in [0.1, 0.15) is 5.15 Å². The van der Waals surface area contributed by atoms with Crippen molar-refractivity contribution in [3.8, 4) is 11.3 Å². The van der Waals surface area contributed by atoms with Crippen molar-refractivity contribution in [1.29, 1.82) is 0 Å². The third kappa shape index (κ3) is 9.82. The van der Waals surface area contributed by atoms with Crippen LogP contribution in [0, 0.1) is 0 Å². The molecule has 6 aromatic rings. The van der Waals surface area contributed by atoms with E-state index in [-0.39, 0.29) is 10.6 Å². The van der Waals surface area contributed by atoms with Crippen LogP contribution in [0.25, 0.3) is 33.1 Å². The van der Waals surface area contributed by atoms with Gasteiger partial charge in [-0.2, -0.15) is 0 Å². The molecule has 4 aromatic heterocycles. The van der Waals surface area contributed by atoms with Crippen LogP contribution in [0.3, 0.4) is 0 Å². The van der Waals surface area contributed by atoms with Crippen LogP contribution in [0.2, 0.25) is 15.7 Å². The van der Waals surface area contributed by atoms with Gasteiger partial charge in [0.25, 0.3) is 0 Å². The first kappa shape index (κ1) is 31.5. The summed E-state index contributed by atoms with van der Waals surface area (Å²) in [5, 5.41) is 3.30. The Morgan fingerprint density at radius 3 is 1.85 bits per heavy atom. The van der Waals surface area contributed by atoms with E-state index in [1.807, 2.05) is 25.2 Å². The van der Waals surface area contributed by atoms with Crippen molar-refractivity contribution in [2.24, 2.45) is 14.1 Å². The van der Waals surface area contributed by atoms with Crippen LogP contribution in [0.5, 0.6) is 0 Å². The number of aryl methyl sites for hydroxylation is 2. The molecule has 0 saturated carbocycles. The second-order valence-corrected chi connectivity index (χ2v) is 14.2. The molecule has 6 rings (SSSR count). The molecule has 205 valence electrons. The summed E-state index contributed by atoms with van der Waals surface area (Å²) in [4.78, 5) is 15.4. The van der Waals surface area contributed by atoms with Crippen molar-refractivity contribution in [3.05, 3.63) is 107 Å². The molecule has 13 heteroatoms. The molecule has 0 aliphatic rings. The van der Waals surface area contributed by atoms with E-state index in [2.05, 4.69) is 91.0 Å². The molecule has 0 radical (unpaired) electrons. The Hall–Kier alpha value is -2.06. The molecule has 0 atom stereocenters. The van der Waals surface area contributed by atoms with Crippen molar-refractivity contribution in [3.63, 3.8) is 0 Å². The van der Waals surface area contributed by atoms with Crippen LogP contribution < -0.4 is 0 Å². The van der Waals surface area contributed by atoms with Crippen molar-refractivity contribution < 1.29 is 11.2 Å². The topological polar surface area (TPSA) is 61.4 Å². The number of halogens is 6. The summed E-state index contributed by atoms with van der Waals surface area (Å²) in [6.45, 7) is 0. The number of para-hydroxylation sites is 2. The summed E-state index contributed by atoms with van der Waals surface area (Å²) >= 11 is 15.2. The number of benzene rings is 2. The predicted molar refractivity (Wildman–Crippen MR) is 161 cm³/mol. The van der Waals surface area contributed by atoms with Crippen LogP contribution in [-0.4, -0.2) is 29.1 Å². The molecule has 0 saturated heterocycles. The van der Waals surface area contributed by atoms with E-state index in [4.69, 9.17) is 65.1 Å². The summed E-state index contributed by atoms with van der Waals surface area (Å²) in [5.74, 6) is 0. The summed E-state index contributed by atoms with van der Waals surface area (Å²) in [7, 11) is 18.7. The first-order valence-corrected chi connectivity index (χ1v) is 16.7. The Balaban J connectivity index is 0.000000163. The molecule has 6 nitrogen and oxygen atoms in total. The maximum absolute atomic E-state index is 5.82. The molecule has 0 spiro atoms. The zero-order valence-corrected chi connectivity index (χ0v) is 26.1. The fourth-order valence-corrected chi connectivity index (χ4v) is 4.04. The van der Waals surface area contributed by atoms with E-state index in [0.717, 1.165) is 11.3 Å². The van der Waals surface area contributed by atoms with Crippen molar-refractivity contribution in [1.82, 2.24) is 29.1 Å². The van der Waals surface area contributed by atoms with E-state index in [1.165, 1.54) is 28.0 Å². The van der Waals surface area contributed by atoms with Crippen molar-refractivity contribution >= 4 is 86.9 Å². The number of aromatic nitrogens is 6. The normalized spacial score (nSPS) is 10.5. The summed E-state index contributed by atoms with van der Waals surface area (Å²) in [6.07, 6.45) is 7.30. The molecule has 0 fully saturated rings. The summed E-state index contributed by atoms with van der Waals surface area (Å²) in [6, 6.07) is 22.1. The average Bonchev–Trinajstić information content (AvgIpc) is 3.45. The van der Waals surface area contributed by atoms with Gasteiger partial charge in [-0.05, 0) is 58.9 Å². The van der Waals surface area contributed by atoms with Gasteiger partial charge in [0, 0.05) is 60.9 Å². The monoisotopic (exact) mass is 683 g/mol. The average molecular weight is 686 g/mol. The number of rotatable bonds is 1. The molecule has 0 unspecified atom stereocenters. The third-order valence-electron chi connectivity index (χ3n) is 5.19. The number of fused-ring (bicyclic) bond motifs is 2. The summed E-state index contributed by atoms with van der Waals surface area (Å²) < 4.78 is 4.20. The second kappa shape index (κ2) is 15.7. The van der Waals surface area contributed by atoms with Gasteiger partial charge in [-0.15, -0.1) is 0 Å². The van der Waals surface area contributed by atoms with E-state index in [0.29, 0.717) is 5.15 Å². The Bertz CT molecular complexity index is 1620. The van der Waals surface area contributed by atoms with Crippen LogP contribution in [-0.2, 0) is 25.3 Å². The van der Waals surface area contributed by atoms with Crippen LogP contribution >= 0.6 is 65.1 Å². The predicted octanol–water partition coefficient (Wildman–Crippen LogP) is 9.32. The molecule has 0 aliphatic carbocycles. The van der Waals surface area contributed by atoms with Crippen LogP contribution in [0.4, 0.5) is 0 Å². The standard InChI is InChI=1S/C13H10ClN3.C9H9N.C4H2Cl2N2.3ClH.Fe/c1-17-8-10(9-4-2-3-5-12(9)17)11-6-7-15-13(14)16-11;1-10-7-6-8-4-2-3-5-9(8)10;5-3-1-2-7-4(6)8-3;;;;/h2-8H,1H3;2-7H,1H3;1-2H;3*1H;/q;;;;;;+3/p-3. The number of hydrogen-bond acceptors (Lipinski definition) is 4. The van der Waals surface area contributed by atoms with Gasteiger partial charge < -0.3 is 9.13 Å². The molecule has 2 aromatic carbocycles. The van der Waals surface area contributed by atoms with Gasteiger partial charge in [0.2, 0.25) is 10.6 Å². The SMILES string of the molecule is Clc1ccnc(Cl)n1.Cn1cc(-c2ccnc(Cl)n2)c2ccccc21.Cn1ccc2ccccc21.[Cl][Fe]([Cl])[Cl]. The number of nitrogens with zero attached hydrogens (tertiary/aromatic N) is 6. The molecule has 0 aliphatic heterocycles. The van der Waals surface area contributed by atoms with Gasteiger partial charge in [0.05, 0.1) is 5.69 Å². The Kier molecular flexibility index (Phi) is 12.6. The van der Waals surface area contributed by atoms with Crippen molar-refractivity contribution in [2.45, 2.75) is 0 Å². The van der Waals surface area contributed by atoms with E-state index < -0.39 is 11.2 Å². The van der Waals surface area contributed by atoms with Gasteiger partial charge in [0.15, 0.2) is 0 Å². The molecule has 0 bridgehead atoms. The molecular formula is C26H21Cl6FeN6. The van der Waals surface area contributed by atoms with Crippen molar-refractivity contribution in [2.75, 3.05) is 0 Å². The zero-order chi connectivity index (χ0) is 28.4. The Morgan fingerprint density at radius 2 is 1.26 bits per heavy atom. The van der Waals surface area contributed by atoms with E-state index in [9.17, 15) is 0 Å². The molecule has 0 amide bonds.